The van der Waals surface area contributed by atoms with Crippen molar-refractivity contribution in [3.63, 3.8) is 0 Å². The van der Waals surface area contributed by atoms with Crippen LogP contribution in [0.25, 0.3) is 17.0 Å². The topological polar surface area (TPSA) is 50.5 Å². The van der Waals surface area contributed by atoms with Crippen molar-refractivity contribution in [3.05, 3.63) is 50.2 Å². The van der Waals surface area contributed by atoms with Gasteiger partial charge < -0.3 is 4.42 Å². The molecular formula is C17H15NO3S2. The number of carbonyl (C=O) groups is 1. The molecule has 0 radical (unpaired) electrons. The van der Waals surface area contributed by atoms with Crippen LogP contribution in [0.1, 0.15) is 23.6 Å². The van der Waals surface area contributed by atoms with E-state index in [1.165, 1.54) is 22.9 Å². The minimum Gasteiger partial charge on any atom is -0.463 e. The molecule has 0 saturated carbocycles. The maximum Gasteiger partial charge on any atom is 0.266 e. The second kappa shape index (κ2) is 5.94. The van der Waals surface area contributed by atoms with Gasteiger partial charge in [-0.15, -0.1) is 0 Å². The summed E-state index contributed by atoms with van der Waals surface area (Å²) in [5, 5.41) is 0.551. The van der Waals surface area contributed by atoms with Gasteiger partial charge in [-0.2, -0.15) is 0 Å². The van der Waals surface area contributed by atoms with E-state index in [0.29, 0.717) is 32.3 Å². The van der Waals surface area contributed by atoms with Crippen molar-refractivity contribution in [2.75, 3.05) is 6.54 Å². The van der Waals surface area contributed by atoms with Gasteiger partial charge in [0, 0.05) is 6.54 Å². The minimum atomic E-state index is -0.164. The fourth-order valence-corrected chi connectivity index (χ4v) is 4.03. The first-order valence-electron chi connectivity index (χ1n) is 7.20. The Kier molecular flexibility index (Phi) is 4.12. The lowest BCUT2D eigenvalue weighted by Crippen LogP contribution is -2.27. The summed E-state index contributed by atoms with van der Waals surface area (Å²) in [5.74, 6) is -0.164. The molecule has 0 N–H and O–H groups in total. The van der Waals surface area contributed by atoms with E-state index in [1.807, 2.05) is 32.9 Å². The van der Waals surface area contributed by atoms with E-state index in [9.17, 15) is 9.59 Å². The van der Waals surface area contributed by atoms with Crippen LogP contribution in [0, 0.1) is 13.8 Å². The van der Waals surface area contributed by atoms with Gasteiger partial charge in [0.15, 0.2) is 5.43 Å². The Morgan fingerprint density at radius 2 is 2.04 bits per heavy atom. The third-order valence-electron chi connectivity index (χ3n) is 3.72. The highest BCUT2D eigenvalue weighted by Gasteiger charge is 2.30. The average Bonchev–Trinajstić information content (AvgIpc) is 2.75. The van der Waals surface area contributed by atoms with E-state index >= 15 is 0 Å². The average molecular weight is 345 g/mol. The van der Waals surface area contributed by atoms with E-state index in [1.54, 1.807) is 6.08 Å². The second-order valence-corrected chi connectivity index (χ2v) is 7.08. The zero-order chi connectivity index (χ0) is 16.7. The summed E-state index contributed by atoms with van der Waals surface area (Å²) >= 11 is 6.39. The summed E-state index contributed by atoms with van der Waals surface area (Å²) < 4.78 is 6.11. The Hall–Kier alpha value is -1.92. The largest absolute Gasteiger partial charge is 0.463 e. The molecule has 3 rings (SSSR count). The van der Waals surface area contributed by atoms with E-state index < -0.39 is 0 Å². The molecule has 0 unspecified atom stereocenters. The predicted molar refractivity (Wildman–Crippen MR) is 97.5 cm³/mol. The summed E-state index contributed by atoms with van der Waals surface area (Å²) in [7, 11) is 0. The molecule has 0 aliphatic carbocycles. The molecule has 1 aliphatic heterocycles. The molecule has 1 aliphatic rings. The van der Waals surface area contributed by atoms with Gasteiger partial charge in [0.1, 0.15) is 16.2 Å². The van der Waals surface area contributed by atoms with Gasteiger partial charge in [0.2, 0.25) is 0 Å². The first-order chi connectivity index (χ1) is 10.9. The number of nitrogens with zero attached hydrogens (tertiary/aromatic N) is 1. The molecule has 0 atom stereocenters. The molecule has 1 amide bonds. The minimum absolute atomic E-state index is 0.134. The first kappa shape index (κ1) is 16.0. The lowest BCUT2D eigenvalue weighted by molar-refractivity contribution is -0.121. The molecule has 2 heterocycles. The highest BCUT2D eigenvalue weighted by atomic mass is 32.2. The van der Waals surface area contributed by atoms with Crippen LogP contribution < -0.4 is 5.43 Å². The van der Waals surface area contributed by atoms with Gasteiger partial charge in [-0.3, -0.25) is 14.5 Å². The lowest BCUT2D eigenvalue weighted by Gasteiger charge is -2.09. The van der Waals surface area contributed by atoms with Gasteiger partial charge in [-0.25, -0.2) is 0 Å². The van der Waals surface area contributed by atoms with Crippen molar-refractivity contribution in [2.24, 2.45) is 0 Å². The zero-order valence-electron chi connectivity index (χ0n) is 13.0. The van der Waals surface area contributed by atoms with Crippen molar-refractivity contribution in [1.29, 1.82) is 0 Å². The van der Waals surface area contributed by atoms with Crippen LogP contribution in [0.2, 0.25) is 0 Å². The van der Waals surface area contributed by atoms with Crippen molar-refractivity contribution in [2.45, 2.75) is 20.8 Å². The number of aryl methyl sites for hydroxylation is 2. The van der Waals surface area contributed by atoms with Crippen LogP contribution in [0.15, 0.2) is 32.5 Å². The zero-order valence-corrected chi connectivity index (χ0v) is 14.6. The SMILES string of the molecule is CCN1C(=O)/C(=C/c2coc3cc(C)cc(C)c3c2=O)SC1=S. The molecule has 23 heavy (non-hydrogen) atoms. The standard InChI is InChI=1S/C17H15NO3S2/c1-4-18-16(20)13(23-17(18)22)7-11-8-21-12-6-9(2)5-10(3)14(12)15(11)19/h5-8H,4H2,1-3H3/b13-7-. The summed E-state index contributed by atoms with van der Waals surface area (Å²) in [4.78, 5) is 26.9. The van der Waals surface area contributed by atoms with Gasteiger partial charge in [0.25, 0.3) is 5.91 Å². The quantitative estimate of drug-likeness (QED) is 0.614. The smallest absolute Gasteiger partial charge is 0.266 e. The van der Waals surface area contributed by atoms with Crippen LogP contribution in [-0.2, 0) is 4.79 Å². The van der Waals surface area contributed by atoms with Gasteiger partial charge in [0.05, 0.1) is 15.9 Å². The van der Waals surface area contributed by atoms with E-state index in [0.717, 1.165) is 11.1 Å². The van der Waals surface area contributed by atoms with Crippen LogP contribution in [-0.4, -0.2) is 21.7 Å². The summed E-state index contributed by atoms with van der Waals surface area (Å²) in [5.41, 5.74) is 2.69. The third-order valence-corrected chi connectivity index (χ3v) is 5.10. The van der Waals surface area contributed by atoms with Crippen molar-refractivity contribution < 1.29 is 9.21 Å². The Morgan fingerprint density at radius 1 is 1.30 bits per heavy atom. The Morgan fingerprint density at radius 3 is 2.70 bits per heavy atom. The predicted octanol–water partition coefficient (Wildman–Crippen LogP) is 3.63. The fraction of sp³-hybridized carbons (Fsp3) is 0.235. The number of hydrogen-bond acceptors (Lipinski definition) is 5. The van der Waals surface area contributed by atoms with E-state index in [-0.39, 0.29) is 11.3 Å². The first-order valence-corrected chi connectivity index (χ1v) is 8.43. The summed E-state index contributed by atoms with van der Waals surface area (Å²) in [6.07, 6.45) is 2.97. The molecule has 1 saturated heterocycles. The highest BCUT2D eigenvalue weighted by molar-refractivity contribution is 8.26. The maximum atomic E-state index is 12.7. The van der Waals surface area contributed by atoms with Crippen molar-refractivity contribution in [3.8, 4) is 0 Å². The number of likely N-dealkylation sites (N-methyl/N-ethyl adjacent to an activating group) is 1. The third kappa shape index (κ3) is 2.72. The number of amides is 1. The molecule has 1 fully saturated rings. The monoisotopic (exact) mass is 345 g/mol. The van der Waals surface area contributed by atoms with Crippen LogP contribution in [0.4, 0.5) is 0 Å². The number of carbonyl (C=O) groups excluding carboxylic acids is 1. The fourth-order valence-electron chi connectivity index (χ4n) is 2.65. The van der Waals surface area contributed by atoms with Crippen molar-refractivity contribution in [1.82, 2.24) is 4.90 Å². The molecule has 2 aromatic rings. The number of thioether (sulfide) groups is 1. The molecule has 6 heteroatoms. The molecule has 1 aromatic heterocycles. The van der Waals surface area contributed by atoms with E-state index in [2.05, 4.69) is 0 Å². The lowest BCUT2D eigenvalue weighted by atomic mass is 10.0. The number of benzene rings is 1. The summed E-state index contributed by atoms with van der Waals surface area (Å²) in [6, 6.07) is 3.78. The maximum absolute atomic E-state index is 12.7. The normalized spacial score (nSPS) is 16.8. The highest BCUT2D eigenvalue weighted by Crippen LogP contribution is 2.32. The molecular weight excluding hydrogens is 330 g/mol. The Balaban J connectivity index is 2.14. The molecule has 4 nitrogen and oxygen atoms in total. The van der Waals surface area contributed by atoms with Gasteiger partial charge in [-0.1, -0.05) is 30.0 Å². The van der Waals surface area contributed by atoms with E-state index in [4.69, 9.17) is 16.6 Å². The summed E-state index contributed by atoms with van der Waals surface area (Å²) in [6.45, 7) is 6.22. The molecule has 1 aromatic carbocycles. The molecule has 118 valence electrons. The van der Waals surface area contributed by atoms with Crippen LogP contribution >= 0.6 is 24.0 Å². The Labute approximate surface area is 143 Å². The van der Waals surface area contributed by atoms with Crippen LogP contribution in [0.5, 0.6) is 0 Å². The van der Waals surface area contributed by atoms with Crippen LogP contribution in [0.3, 0.4) is 0 Å². The number of fused-ring (bicyclic) bond motifs is 1. The number of hydrogen-bond donors (Lipinski definition) is 0. The van der Waals surface area contributed by atoms with Gasteiger partial charge in [-0.05, 0) is 44.0 Å². The van der Waals surface area contributed by atoms with Gasteiger partial charge >= 0.3 is 0 Å². The second-order valence-electron chi connectivity index (χ2n) is 5.40. The van der Waals surface area contributed by atoms with Crippen molar-refractivity contribution >= 4 is 51.3 Å². The number of thiocarbonyl (C=S) groups is 1. The molecule has 0 spiro atoms. The Bertz CT molecular complexity index is 927. The molecule has 0 bridgehead atoms. The number of rotatable bonds is 2.